The maximum absolute atomic E-state index is 14.1. The van der Waals surface area contributed by atoms with E-state index >= 15 is 0 Å². The number of hydrogen-bond donors (Lipinski definition) is 0. The molecule has 0 aromatic rings. The number of rotatable bonds is 8. The Hall–Kier alpha value is -1.63. The summed E-state index contributed by atoms with van der Waals surface area (Å²) >= 11 is 0. The number of alkyl halides is 13. The van der Waals surface area contributed by atoms with Crippen LogP contribution in [0.2, 0.25) is 0 Å². The molecule has 0 bridgehead atoms. The highest BCUT2D eigenvalue weighted by Crippen LogP contribution is 2.62. The molecule has 0 aliphatic heterocycles. The van der Waals surface area contributed by atoms with E-state index in [4.69, 9.17) is 4.74 Å². The molecule has 0 atom stereocenters. The molecule has 0 unspecified atom stereocenters. The van der Waals surface area contributed by atoms with Crippen LogP contribution >= 0.6 is 0 Å². The molecule has 0 aromatic heterocycles. The van der Waals surface area contributed by atoms with Gasteiger partial charge in [0, 0.05) is 5.92 Å². The molecule has 1 fully saturated rings. The van der Waals surface area contributed by atoms with Crippen molar-refractivity contribution >= 4 is 0 Å². The second kappa shape index (κ2) is 8.13. The lowest BCUT2D eigenvalue weighted by Gasteiger charge is -2.43. The maximum atomic E-state index is 14.1. The molecular formula is C16H15F13O. The van der Waals surface area contributed by atoms with Gasteiger partial charge in [-0.25, -0.2) is 0 Å². The molecule has 0 amide bonds. The van der Waals surface area contributed by atoms with Gasteiger partial charge in [0.2, 0.25) is 0 Å². The summed E-state index contributed by atoms with van der Waals surface area (Å²) in [5.74, 6) is -39.2. The minimum atomic E-state index is -7.86. The van der Waals surface area contributed by atoms with Gasteiger partial charge in [-0.15, -0.1) is 0 Å². The average molecular weight is 470 g/mol. The third kappa shape index (κ3) is 4.10. The van der Waals surface area contributed by atoms with E-state index in [9.17, 15) is 57.1 Å². The van der Waals surface area contributed by atoms with Crippen molar-refractivity contribution in [3.63, 3.8) is 0 Å². The Balaban J connectivity index is 3.16. The van der Waals surface area contributed by atoms with Gasteiger partial charge in [-0.2, -0.15) is 57.1 Å². The molecule has 1 saturated carbocycles. The van der Waals surface area contributed by atoms with Crippen LogP contribution in [0.25, 0.3) is 0 Å². The summed E-state index contributed by atoms with van der Waals surface area (Å²) in [6, 6.07) is 0. The normalized spacial score (nSPS) is 23.0. The topological polar surface area (TPSA) is 9.23 Å². The molecule has 0 N–H and O–H groups in total. The standard InChI is InChI=1S/C16H15F13O/c1-2-3-8-30-10-6-4-9(5-7-10)11(17,18)12(19,20)13(21,22)14(23,24)15(25,26)16(27,28)29/h2-3,8-10H,1,4-7H2. The van der Waals surface area contributed by atoms with E-state index in [1.807, 2.05) is 0 Å². The Morgan fingerprint density at radius 3 is 1.47 bits per heavy atom. The average Bonchev–Trinajstić information content (AvgIpc) is 2.60. The number of halogens is 13. The molecule has 30 heavy (non-hydrogen) atoms. The van der Waals surface area contributed by atoms with E-state index in [0.717, 1.165) is 6.26 Å². The van der Waals surface area contributed by atoms with Gasteiger partial charge in [-0.3, -0.25) is 0 Å². The zero-order valence-corrected chi connectivity index (χ0v) is 14.7. The molecule has 1 aliphatic carbocycles. The zero-order chi connectivity index (χ0) is 23.8. The van der Waals surface area contributed by atoms with E-state index in [2.05, 4.69) is 6.58 Å². The molecule has 1 nitrogen and oxygen atoms in total. The quantitative estimate of drug-likeness (QED) is 0.211. The number of ether oxygens (including phenoxy) is 1. The maximum Gasteiger partial charge on any atom is 0.460 e. The lowest BCUT2D eigenvalue weighted by atomic mass is 9.78. The minimum absolute atomic E-state index is 0.418. The van der Waals surface area contributed by atoms with E-state index in [1.165, 1.54) is 12.2 Å². The smallest absolute Gasteiger partial charge is 0.460 e. The Labute approximate surface area is 161 Å². The van der Waals surface area contributed by atoms with Crippen molar-refractivity contribution in [2.45, 2.75) is 67.6 Å². The van der Waals surface area contributed by atoms with E-state index in [0.29, 0.717) is 0 Å². The molecule has 1 aliphatic rings. The Morgan fingerprint density at radius 2 is 1.07 bits per heavy atom. The van der Waals surface area contributed by atoms with Crippen molar-refractivity contribution in [2.75, 3.05) is 0 Å². The monoisotopic (exact) mass is 470 g/mol. The van der Waals surface area contributed by atoms with Crippen molar-refractivity contribution in [3.05, 3.63) is 25.0 Å². The fourth-order valence-corrected chi connectivity index (χ4v) is 2.81. The third-order valence-electron chi connectivity index (χ3n) is 4.63. The summed E-state index contributed by atoms with van der Waals surface area (Å²) in [7, 11) is 0. The fourth-order valence-electron chi connectivity index (χ4n) is 2.81. The summed E-state index contributed by atoms with van der Waals surface area (Å²) in [6.07, 6.45) is -7.38. The molecule has 0 heterocycles. The van der Waals surface area contributed by atoms with E-state index < -0.39 is 73.5 Å². The Morgan fingerprint density at radius 1 is 0.633 bits per heavy atom. The zero-order valence-electron chi connectivity index (χ0n) is 14.7. The van der Waals surface area contributed by atoms with Crippen LogP contribution in [0.5, 0.6) is 0 Å². The molecule has 0 aromatic carbocycles. The first-order valence-electron chi connectivity index (χ1n) is 8.17. The van der Waals surface area contributed by atoms with E-state index in [-0.39, 0.29) is 0 Å². The van der Waals surface area contributed by atoms with Gasteiger partial charge in [0.25, 0.3) is 0 Å². The van der Waals surface area contributed by atoms with Crippen molar-refractivity contribution in [2.24, 2.45) is 5.92 Å². The summed E-state index contributed by atoms with van der Waals surface area (Å²) in [4.78, 5) is 0. The SMILES string of the molecule is C=CC=COC1CCC(C(F)(F)C(F)(F)C(F)(F)C(F)(F)C(F)(F)C(F)(F)F)CC1. The van der Waals surface area contributed by atoms with Crippen molar-refractivity contribution in [1.29, 1.82) is 0 Å². The van der Waals surface area contributed by atoms with Crippen molar-refractivity contribution in [3.8, 4) is 0 Å². The van der Waals surface area contributed by atoms with Crippen molar-refractivity contribution < 1.29 is 61.8 Å². The first kappa shape index (κ1) is 26.4. The van der Waals surface area contributed by atoms with Gasteiger partial charge in [0.05, 0.1) is 12.4 Å². The predicted octanol–water partition coefficient (Wildman–Crippen LogP) is 7.00. The molecule has 0 saturated heterocycles. The van der Waals surface area contributed by atoms with Crippen molar-refractivity contribution in [1.82, 2.24) is 0 Å². The van der Waals surface area contributed by atoms with Crippen LogP contribution in [0.15, 0.2) is 25.0 Å². The minimum Gasteiger partial charge on any atom is -0.498 e. The van der Waals surface area contributed by atoms with Crippen LogP contribution in [0.1, 0.15) is 25.7 Å². The first-order valence-corrected chi connectivity index (χ1v) is 8.17. The van der Waals surface area contributed by atoms with Gasteiger partial charge in [-0.05, 0) is 31.8 Å². The summed E-state index contributed by atoms with van der Waals surface area (Å²) < 4.78 is 176. The van der Waals surface area contributed by atoms with Gasteiger partial charge >= 0.3 is 35.8 Å². The second-order valence-corrected chi connectivity index (χ2v) is 6.59. The van der Waals surface area contributed by atoms with E-state index in [1.54, 1.807) is 0 Å². The molecule has 176 valence electrons. The first-order chi connectivity index (χ1) is 13.3. The molecule has 0 radical (unpaired) electrons. The molecule has 0 spiro atoms. The molecule has 1 rings (SSSR count). The highest BCUT2D eigenvalue weighted by molar-refractivity contribution is 5.11. The Kier molecular flexibility index (Phi) is 7.16. The number of allylic oxidation sites excluding steroid dienone is 2. The fraction of sp³-hybridized carbons (Fsp3) is 0.750. The lowest BCUT2D eigenvalue weighted by molar-refractivity contribution is -0.443. The summed E-state index contributed by atoms with van der Waals surface area (Å²) in [5.41, 5.74) is 0. The van der Waals surface area contributed by atoms with Gasteiger partial charge in [-0.1, -0.05) is 12.7 Å². The largest absolute Gasteiger partial charge is 0.498 e. The summed E-state index contributed by atoms with van der Waals surface area (Å²) in [5, 5.41) is 0. The van der Waals surface area contributed by atoms with Gasteiger partial charge in [0.1, 0.15) is 0 Å². The molecule has 14 heteroatoms. The second-order valence-electron chi connectivity index (χ2n) is 6.59. The highest BCUT2D eigenvalue weighted by Gasteiger charge is 2.91. The predicted molar refractivity (Wildman–Crippen MR) is 77.0 cm³/mol. The van der Waals surface area contributed by atoms with Crippen LogP contribution in [0.3, 0.4) is 0 Å². The molecular weight excluding hydrogens is 455 g/mol. The highest BCUT2D eigenvalue weighted by atomic mass is 19.4. The summed E-state index contributed by atoms with van der Waals surface area (Å²) in [6.45, 7) is 3.28. The van der Waals surface area contributed by atoms with Crippen LogP contribution in [-0.2, 0) is 4.74 Å². The number of hydrogen-bond acceptors (Lipinski definition) is 1. The van der Waals surface area contributed by atoms with Crippen LogP contribution < -0.4 is 0 Å². The van der Waals surface area contributed by atoms with Gasteiger partial charge < -0.3 is 4.74 Å². The van der Waals surface area contributed by atoms with Crippen LogP contribution in [0, 0.1) is 5.92 Å². The lowest BCUT2D eigenvalue weighted by Crippen LogP contribution is -2.71. The third-order valence-corrected chi connectivity index (χ3v) is 4.63. The Bertz CT molecular complexity index is 628. The van der Waals surface area contributed by atoms with Crippen LogP contribution in [0.4, 0.5) is 57.1 Å². The van der Waals surface area contributed by atoms with Gasteiger partial charge in [0.15, 0.2) is 0 Å². The van der Waals surface area contributed by atoms with Crippen LogP contribution in [-0.4, -0.2) is 41.9 Å².